The second kappa shape index (κ2) is 8.78. The van der Waals surface area contributed by atoms with Crippen LogP contribution in [0.25, 0.3) is 22.5 Å². The zero-order chi connectivity index (χ0) is 22.8. The van der Waals surface area contributed by atoms with Crippen LogP contribution in [-0.2, 0) is 9.53 Å². The van der Waals surface area contributed by atoms with Crippen LogP contribution in [0.2, 0.25) is 0 Å². The van der Waals surface area contributed by atoms with E-state index in [4.69, 9.17) is 4.74 Å². The fraction of sp³-hybridized carbons (Fsp3) is 0.280. The molecule has 1 aromatic carbocycles. The van der Waals surface area contributed by atoms with Crippen molar-refractivity contribution in [3.63, 3.8) is 0 Å². The molecule has 0 saturated carbocycles. The molecule has 0 aliphatic heterocycles. The van der Waals surface area contributed by atoms with Crippen LogP contribution in [0.5, 0.6) is 5.75 Å². The SMILES string of the molecule is COC(=O)C1C=CC(c2nc(C3=C(O)C=CCC3)nc(-c3cc(C)cc(C)c3O)n2)=CC1. The van der Waals surface area contributed by atoms with Crippen LogP contribution in [0.3, 0.4) is 0 Å². The Morgan fingerprint density at radius 2 is 1.81 bits per heavy atom. The first kappa shape index (κ1) is 21.5. The van der Waals surface area contributed by atoms with Gasteiger partial charge in [0.05, 0.1) is 18.6 Å². The Bertz CT molecular complexity index is 1210. The maximum atomic E-state index is 11.8. The van der Waals surface area contributed by atoms with E-state index < -0.39 is 0 Å². The predicted octanol–water partition coefficient (Wildman–Crippen LogP) is 4.61. The van der Waals surface area contributed by atoms with E-state index in [1.807, 2.05) is 38.1 Å². The molecular weight excluding hydrogens is 406 g/mol. The lowest BCUT2D eigenvalue weighted by Crippen LogP contribution is -2.15. The summed E-state index contributed by atoms with van der Waals surface area (Å²) in [6.45, 7) is 3.77. The maximum absolute atomic E-state index is 11.8. The van der Waals surface area contributed by atoms with Crippen molar-refractivity contribution >= 4 is 17.1 Å². The van der Waals surface area contributed by atoms with Gasteiger partial charge >= 0.3 is 5.97 Å². The Hall–Kier alpha value is -3.74. The average molecular weight is 431 g/mol. The summed E-state index contributed by atoms with van der Waals surface area (Å²) in [5.74, 6) is 0.713. The lowest BCUT2D eigenvalue weighted by molar-refractivity contribution is -0.143. The quantitative estimate of drug-likeness (QED) is 0.681. The zero-order valence-electron chi connectivity index (χ0n) is 18.3. The highest BCUT2D eigenvalue weighted by Gasteiger charge is 2.22. The average Bonchev–Trinajstić information content (AvgIpc) is 2.81. The van der Waals surface area contributed by atoms with Gasteiger partial charge < -0.3 is 14.9 Å². The number of carbonyl (C=O) groups is 1. The Balaban J connectivity index is 1.85. The van der Waals surface area contributed by atoms with E-state index in [1.165, 1.54) is 7.11 Å². The molecule has 0 radical (unpaired) electrons. The molecule has 7 heteroatoms. The number of aliphatic hydroxyl groups is 1. The zero-order valence-corrected chi connectivity index (χ0v) is 18.3. The minimum Gasteiger partial charge on any atom is -0.508 e. The van der Waals surface area contributed by atoms with E-state index in [2.05, 4.69) is 15.0 Å². The molecule has 0 saturated heterocycles. The van der Waals surface area contributed by atoms with Gasteiger partial charge in [-0.2, -0.15) is 0 Å². The van der Waals surface area contributed by atoms with Crippen LogP contribution in [0.4, 0.5) is 0 Å². The lowest BCUT2D eigenvalue weighted by atomic mass is 9.96. The van der Waals surface area contributed by atoms with Crippen molar-refractivity contribution in [3.05, 3.63) is 71.0 Å². The number of phenols is 1. The van der Waals surface area contributed by atoms with Gasteiger partial charge in [-0.05, 0) is 56.4 Å². The number of aromatic hydroxyl groups is 1. The summed E-state index contributed by atoms with van der Waals surface area (Å²) in [5.41, 5.74) is 3.58. The molecule has 2 aromatic rings. The van der Waals surface area contributed by atoms with E-state index in [0.717, 1.165) is 23.1 Å². The van der Waals surface area contributed by atoms with E-state index in [9.17, 15) is 15.0 Å². The molecule has 0 amide bonds. The summed E-state index contributed by atoms with van der Waals surface area (Å²) < 4.78 is 4.82. The largest absolute Gasteiger partial charge is 0.508 e. The maximum Gasteiger partial charge on any atom is 0.312 e. The third kappa shape index (κ3) is 4.19. The fourth-order valence-corrected chi connectivity index (χ4v) is 3.88. The highest BCUT2D eigenvalue weighted by Crippen LogP contribution is 2.34. The van der Waals surface area contributed by atoms with Crippen molar-refractivity contribution in [3.8, 4) is 17.1 Å². The monoisotopic (exact) mass is 431 g/mol. The number of ether oxygens (including phenoxy) is 1. The molecule has 32 heavy (non-hydrogen) atoms. The number of aliphatic hydroxyl groups excluding tert-OH is 1. The minimum absolute atomic E-state index is 0.111. The fourth-order valence-electron chi connectivity index (χ4n) is 3.88. The molecule has 0 bridgehead atoms. The number of allylic oxidation sites excluding steroid dienone is 6. The molecule has 4 rings (SSSR count). The van der Waals surface area contributed by atoms with Gasteiger partial charge in [0.25, 0.3) is 0 Å². The van der Waals surface area contributed by atoms with Gasteiger partial charge in [-0.1, -0.05) is 30.4 Å². The molecule has 1 atom stereocenters. The Labute approximate surface area is 186 Å². The third-order valence-electron chi connectivity index (χ3n) is 5.60. The number of methoxy groups -OCH3 is 1. The number of esters is 1. The number of rotatable bonds is 4. The molecule has 2 aliphatic rings. The Morgan fingerprint density at radius 3 is 2.50 bits per heavy atom. The van der Waals surface area contributed by atoms with Crippen molar-refractivity contribution in [2.75, 3.05) is 7.11 Å². The van der Waals surface area contributed by atoms with E-state index in [1.54, 1.807) is 18.2 Å². The van der Waals surface area contributed by atoms with E-state index >= 15 is 0 Å². The molecule has 1 unspecified atom stereocenters. The number of nitrogens with zero attached hydrogens (tertiary/aromatic N) is 3. The van der Waals surface area contributed by atoms with Gasteiger partial charge in [-0.3, -0.25) is 4.79 Å². The molecule has 2 N–H and O–H groups in total. The minimum atomic E-state index is -0.344. The Morgan fingerprint density at radius 1 is 1.06 bits per heavy atom. The van der Waals surface area contributed by atoms with Crippen molar-refractivity contribution in [2.24, 2.45) is 5.92 Å². The first-order valence-electron chi connectivity index (χ1n) is 10.5. The number of hydrogen-bond acceptors (Lipinski definition) is 7. The highest BCUT2D eigenvalue weighted by molar-refractivity contribution is 5.80. The van der Waals surface area contributed by atoms with Crippen LogP contribution in [0.15, 0.2) is 48.3 Å². The number of carbonyl (C=O) groups excluding carboxylic acids is 1. The molecule has 2 aliphatic carbocycles. The number of aromatic nitrogens is 3. The van der Waals surface area contributed by atoms with Gasteiger partial charge in [-0.15, -0.1) is 0 Å². The number of phenolic OH excluding ortho intramolecular Hbond substituents is 1. The summed E-state index contributed by atoms with van der Waals surface area (Å²) in [6, 6.07) is 3.72. The summed E-state index contributed by atoms with van der Waals surface area (Å²) in [6.07, 6.45) is 10.9. The summed E-state index contributed by atoms with van der Waals surface area (Å²) >= 11 is 0. The van der Waals surface area contributed by atoms with E-state index in [-0.39, 0.29) is 23.4 Å². The molecule has 164 valence electrons. The smallest absolute Gasteiger partial charge is 0.312 e. The van der Waals surface area contributed by atoms with Gasteiger partial charge in [0.1, 0.15) is 11.5 Å². The van der Waals surface area contributed by atoms with Crippen molar-refractivity contribution in [1.82, 2.24) is 15.0 Å². The normalized spacial score (nSPS) is 18.0. The van der Waals surface area contributed by atoms with Gasteiger partial charge in [-0.25, -0.2) is 15.0 Å². The molecule has 1 heterocycles. The highest BCUT2D eigenvalue weighted by atomic mass is 16.5. The Kier molecular flexibility index (Phi) is 5.90. The number of aryl methyl sites for hydroxylation is 2. The summed E-state index contributed by atoms with van der Waals surface area (Å²) in [5, 5.41) is 21.1. The predicted molar refractivity (Wildman–Crippen MR) is 122 cm³/mol. The van der Waals surface area contributed by atoms with Gasteiger partial charge in [0.2, 0.25) is 0 Å². The van der Waals surface area contributed by atoms with Crippen LogP contribution in [0, 0.1) is 19.8 Å². The van der Waals surface area contributed by atoms with Gasteiger partial charge in [0.15, 0.2) is 17.5 Å². The van der Waals surface area contributed by atoms with Crippen LogP contribution >= 0.6 is 0 Å². The molecule has 7 nitrogen and oxygen atoms in total. The number of hydrogen-bond donors (Lipinski definition) is 2. The van der Waals surface area contributed by atoms with Gasteiger partial charge in [0, 0.05) is 11.1 Å². The lowest BCUT2D eigenvalue weighted by Gasteiger charge is -2.16. The standard InChI is InChI=1S/C25H25N3O4/c1-14-12-15(2)21(30)19(13-14)24-27-22(16-8-10-17(11-9-16)25(31)32-3)26-23(28-24)18-6-4-5-7-20(18)29/h5,7-10,12-13,17,29-30H,4,6,11H2,1-3H3. The molecule has 0 spiro atoms. The van der Waals surface area contributed by atoms with E-state index in [0.29, 0.717) is 41.5 Å². The first-order chi connectivity index (χ1) is 15.4. The molecular formula is C25H25N3O4. The van der Waals surface area contributed by atoms with Crippen LogP contribution in [0.1, 0.15) is 42.0 Å². The first-order valence-corrected chi connectivity index (χ1v) is 10.5. The molecule has 1 aromatic heterocycles. The van der Waals surface area contributed by atoms with Crippen molar-refractivity contribution in [2.45, 2.75) is 33.1 Å². The van der Waals surface area contributed by atoms with Crippen molar-refractivity contribution < 1.29 is 19.7 Å². The summed E-state index contributed by atoms with van der Waals surface area (Å²) in [4.78, 5) is 25.7. The number of benzene rings is 1. The topological polar surface area (TPSA) is 105 Å². The molecule has 0 fully saturated rings. The second-order valence-corrected chi connectivity index (χ2v) is 7.97. The van der Waals surface area contributed by atoms with Crippen LogP contribution in [-0.4, -0.2) is 38.2 Å². The third-order valence-corrected chi connectivity index (χ3v) is 5.60. The van der Waals surface area contributed by atoms with Crippen LogP contribution < -0.4 is 0 Å². The summed E-state index contributed by atoms with van der Waals surface area (Å²) in [7, 11) is 1.37. The second-order valence-electron chi connectivity index (χ2n) is 7.97. The van der Waals surface area contributed by atoms with Crippen molar-refractivity contribution in [1.29, 1.82) is 0 Å².